The van der Waals surface area contributed by atoms with Crippen LogP contribution in [0.2, 0.25) is 0 Å². The first-order chi connectivity index (χ1) is 13.7. The van der Waals surface area contributed by atoms with Gasteiger partial charge in [0, 0.05) is 17.8 Å². The molecule has 28 heavy (non-hydrogen) atoms. The lowest BCUT2D eigenvalue weighted by molar-refractivity contribution is 0.472. The van der Waals surface area contributed by atoms with E-state index in [0.717, 1.165) is 18.5 Å². The molecule has 0 spiro atoms. The summed E-state index contributed by atoms with van der Waals surface area (Å²) in [6.45, 7) is 0. The Morgan fingerprint density at radius 3 is 2.75 bits per heavy atom. The lowest BCUT2D eigenvalue weighted by Crippen LogP contribution is -2.08. The van der Waals surface area contributed by atoms with E-state index in [1.54, 1.807) is 22.8 Å². The largest absolute Gasteiger partial charge is 0.506 e. The number of hydrogen-bond donors (Lipinski definition) is 3. The molecule has 1 aromatic carbocycles. The first-order valence-corrected chi connectivity index (χ1v) is 8.72. The molecule has 0 amide bonds. The SMILES string of the molecule is N#Cc1cnc2c(NC3CC3)cc(Nc3ccc(O)c(-n4cnnc4)c3)nn12. The van der Waals surface area contributed by atoms with E-state index in [4.69, 9.17) is 0 Å². The smallest absolute Gasteiger partial charge is 0.178 e. The van der Waals surface area contributed by atoms with Gasteiger partial charge in [-0.25, -0.2) is 4.98 Å². The number of imidazole rings is 1. The zero-order chi connectivity index (χ0) is 19.1. The van der Waals surface area contributed by atoms with Gasteiger partial charge in [0.05, 0.1) is 17.6 Å². The molecule has 1 saturated carbocycles. The van der Waals surface area contributed by atoms with Gasteiger partial charge in [0.1, 0.15) is 24.5 Å². The minimum absolute atomic E-state index is 0.103. The fraction of sp³-hybridized carbons (Fsp3) is 0.167. The Bertz CT molecular complexity index is 1200. The van der Waals surface area contributed by atoms with E-state index < -0.39 is 0 Å². The predicted octanol–water partition coefficient (Wildman–Crippen LogP) is 2.21. The number of hydrogen-bond acceptors (Lipinski definition) is 8. The molecule has 1 fully saturated rings. The monoisotopic (exact) mass is 373 g/mol. The Labute approximate surface area is 159 Å². The number of nitrogens with zero attached hydrogens (tertiary/aromatic N) is 7. The number of benzene rings is 1. The number of fused-ring (bicyclic) bond motifs is 1. The maximum absolute atomic E-state index is 10.1. The molecule has 1 aliphatic rings. The van der Waals surface area contributed by atoms with Gasteiger partial charge in [-0.15, -0.1) is 15.3 Å². The molecule has 5 rings (SSSR count). The Hall–Kier alpha value is -4.13. The number of rotatable bonds is 5. The number of phenolic OH excluding ortho intramolecular Hbond substituents is 1. The average Bonchev–Trinajstić information content (AvgIpc) is 3.18. The van der Waals surface area contributed by atoms with E-state index in [9.17, 15) is 10.4 Å². The van der Waals surface area contributed by atoms with Crippen LogP contribution < -0.4 is 10.6 Å². The van der Waals surface area contributed by atoms with E-state index >= 15 is 0 Å². The van der Waals surface area contributed by atoms with Crippen LogP contribution in [-0.2, 0) is 0 Å². The van der Waals surface area contributed by atoms with Crippen LogP contribution in [0.1, 0.15) is 18.5 Å². The molecule has 138 valence electrons. The van der Waals surface area contributed by atoms with Crippen LogP contribution in [0.15, 0.2) is 43.1 Å². The lowest BCUT2D eigenvalue weighted by atomic mass is 10.2. The minimum atomic E-state index is 0.103. The van der Waals surface area contributed by atoms with Gasteiger partial charge in [0.15, 0.2) is 17.2 Å². The number of anilines is 3. The second kappa shape index (κ2) is 6.24. The molecule has 3 aromatic heterocycles. The van der Waals surface area contributed by atoms with Gasteiger partial charge in [0.25, 0.3) is 0 Å². The molecule has 3 N–H and O–H groups in total. The second-order valence-corrected chi connectivity index (χ2v) is 6.55. The van der Waals surface area contributed by atoms with Crippen molar-refractivity contribution in [1.82, 2.24) is 29.4 Å². The summed E-state index contributed by atoms with van der Waals surface area (Å²) < 4.78 is 3.13. The second-order valence-electron chi connectivity index (χ2n) is 6.55. The summed E-state index contributed by atoms with van der Waals surface area (Å²) in [5, 5.41) is 38.1. The van der Waals surface area contributed by atoms with E-state index in [1.165, 1.54) is 23.4 Å². The standard InChI is InChI=1S/C18H15N9O/c19-7-13-8-20-18-14(23-11-1-2-11)6-17(25-27(13)18)24-12-3-4-16(28)15(5-12)26-9-21-22-10-26/h3-6,8-11,23,28H,1-2H2,(H,24,25). The third-order valence-corrected chi connectivity index (χ3v) is 4.46. The molecule has 10 nitrogen and oxygen atoms in total. The Kier molecular flexibility index (Phi) is 3.58. The fourth-order valence-electron chi connectivity index (χ4n) is 2.94. The highest BCUT2D eigenvalue weighted by atomic mass is 16.3. The summed E-state index contributed by atoms with van der Waals surface area (Å²) in [5.41, 5.74) is 3.04. The van der Waals surface area contributed by atoms with Crippen molar-refractivity contribution in [3.05, 3.63) is 48.8 Å². The number of aromatic nitrogens is 6. The summed E-state index contributed by atoms with van der Waals surface area (Å²) in [7, 11) is 0. The molecule has 3 heterocycles. The Balaban J connectivity index is 1.54. The van der Waals surface area contributed by atoms with Gasteiger partial charge in [-0.1, -0.05) is 0 Å². The van der Waals surface area contributed by atoms with Gasteiger partial charge >= 0.3 is 0 Å². The number of phenols is 1. The molecule has 0 unspecified atom stereocenters. The van der Waals surface area contributed by atoms with Crippen LogP contribution in [0.3, 0.4) is 0 Å². The normalized spacial score (nSPS) is 13.4. The molecular weight excluding hydrogens is 358 g/mol. The Morgan fingerprint density at radius 2 is 2.00 bits per heavy atom. The van der Waals surface area contributed by atoms with Crippen molar-refractivity contribution >= 4 is 22.8 Å². The zero-order valence-corrected chi connectivity index (χ0v) is 14.6. The van der Waals surface area contributed by atoms with Crippen molar-refractivity contribution in [3.8, 4) is 17.5 Å². The topological polar surface area (TPSA) is 129 Å². The average molecular weight is 373 g/mol. The molecule has 0 bridgehead atoms. The Morgan fingerprint density at radius 1 is 1.18 bits per heavy atom. The van der Waals surface area contributed by atoms with E-state index in [-0.39, 0.29) is 5.75 Å². The summed E-state index contributed by atoms with van der Waals surface area (Å²) in [5.74, 6) is 0.650. The van der Waals surface area contributed by atoms with Crippen LogP contribution in [0.4, 0.5) is 17.2 Å². The van der Waals surface area contributed by atoms with Crippen LogP contribution in [0.25, 0.3) is 11.3 Å². The molecule has 0 radical (unpaired) electrons. The van der Waals surface area contributed by atoms with Crippen molar-refractivity contribution in [1.29, 1.82) is 5.26 Å². The van der Waals surface area contributed by atoms with Gasteiger partial charge in [-0.2, -0.15) is 9.78 Å². The van der Waals surface area contributed by atoms with Crippen LogP contribution in [-0.4, -0.2) is 40.5 Å². The number of nitriles is 1. The minimum Gasteiger partial charge on any atom is -0.506 e. The highest BCUT2D eigenvalue weighted by molar-refractivity contribution is 5.74. The lowest BCUT2D eigenvalue weighted by Gasteiger charge is -2.12. The summed E-state index contributed by atoms with van der Waals surface area (Å²) in [4.78, 5) is 4.32. The highest BCUT2D eigenvalue weighted by Crippen LogP contribution is 2.30. The summed E-state index contributed by atoms with van der Waals surface area (Å²) in [6, 6.07) is 9.48. The van der Waals surface area contributed by atoms with Crippen molar-refractivity contribution in [2.24, 2.45) is 0 Å². The molecule has 1 aliphatic carbocycles. The number of nitrogens with one attached hydrogen (secondary N) is 2. The van der Waals surface area contributed by atoms with Gasteiger partial charge in [-0.3, -0.25) is 4.57 Å². The molecule has 4 aromatic rings. The van der Waals surface area contributed by atoms with Crippen LogP contribution in [0.5, 0.6) is 5.75 Å². The van der Waals surface area contributed by atoms with Gasteiger partial charge < -0.3 is 15.7 Å². The van der Waals surface area contributed by atoms with Crippen molar-refractivity contribution in [3.63, 3.8) is 0 Å². The third-order valence-electron chi connectivity index (χ3n) is 4.46. The van der Waals surface area contributed by atoms with Crippen molar-refractivity contribution in [2.45, 2.75) is 18.9 Å². The maximum atomic E-state index is 10.1. The first-order valence-electron chi connectivity index (χ1n) is 8.72. The predicted molar refractivity (Wildman–Crippen MR) is 101 cm³/mol. The van der Waals surface area contributed by atoms with Gasteiger partial charge in [0.2, 0.25) is 0 Å². The fourth-order valence-corrected chi connectivity index (χ4v) is 2.94. The van der Waals surface area contributed by atoms with E-state index in [2.05, 4.69) is 37.0 Å². The van der Waals surface area contributed by atoms with E-state index in [0.29, 0.717) is 34.6 Å². The van der Waals surface area contributed by atoms with Crippen LogP contribution >= 0.6 is 0 Å². The molecular formula is C18H15N9O. The van der Waals surface area contributed by atoms with Gasteiger partial charge in [-0.05, 0) is 31.0 Å². The summed E-state index contributed by atoms with van der Waals surface area (Å²) >= 11 is 0. The first kappa shape index (κ1) is 16.1. The molecule has 0 saturated heterocycles. The van der Waals surface area contributed by atoms with E-state index in [1.807, 2.05) is 6.07 Å². The molecule has 0 atom stereocenters. The summed E-state index contributed by atoms with van der Waals surface area (Å²) in [6.07, 6.45) is 6.75. The quantitative estimate of drug-likeness (QED) is 0.454. The third kappa shape index (κ3) is 2.84. The molecule has 0 aliphatic heterocycles. The van der Waals surface area contributed by atoms with Crippen molar-refractivity contribution < 1.29 is 5.11 Å². The molecule has 10 heteroatoms. The maximum Gasteiger partial charge on any atom is 0.178 e. The van der Waals surface area contributed by atoms with Crippen LogP contribution in [0, 0.1) is 11.3 Å². The zero-order valence-electron chi connectivity index (χ0n) is 14.6. The van der Waals surface area contributed by atoms with Crippen molar-refractivity contribution in [2.75, 3.05) is 10.6 Å². The highest BCUT2D eigenvalue weighted by Gasteiger charge is 2.23. The number of aromatic hydroxyl groups is 1.